The van der Waals surface area contributed by atoms with E-state index in [2.05, 4.69) is 28.1 Å². The van der Waals surface area contributed by atoms with Crippen molar-refractivity contribution in [2.75, 3.05) is 13.2 Å². The lowest BCUT2D eigenvalue weighted by atomic mass is 10.1. The molecule has 188 valence electrons. The summed E-state index contributed by atoms with van der Waals surface area (Å²) in [4.78, 5) is 17.1. The molecule has 5 nitrogen and oxygen atoms in total. The third-order valence-corrected chi connectivity index (χ3v) is 6.53. The molecule has 0 spiro atoms. The van der Waals surface area contributed by atoms with Gasteiger partial charge < -0.3 is 14.6 Å². The van der Waals surface area contributed by atoms with Gasteiger partial charge in [-0.15, -0.1) is 0 Å². The SMILES string of the molecule is O=C(NCCCCCc1nc2ccccc2n1CCCCOc1ccc(Cl)cc1)c1cccc(Cl)c1. The van der Waals surface area contributed by atoms with Gasteiger partial charge in [0, 0.05) is 35.1 Å². The number of aryl methyl sites for hydroxylation is 2. The Kier molecular flexibility index (Phi) is 9.65. The average molecular weight is 524 g/mol. The molecular formula is C29H31Cl2N3O2. The van der Waals surface area contributed by atoms with Crippen molar-refractivity contribution in [3.05, 3.63) is 94.2 Å². The summed E-state index contributed by atoms with van der Waals surface area (Å²) in [6.07, 6.45) is 5.86. The minimum Gasteiger partial charge on any atom is -0.494 e. The van der Waals surface area contributed by atoms with Crippen LogP contribution in [0.3, 0.4) is 0 Å². The van der Waals surface area contributed by atoms with Crippen molar-refractivity contribution in [2.24, 2.45) is 0 Å². The number of hydrogen-bond donors (Lipinski definition) is 1. The van der Waals surface area contributed by atoms with Crippen LogP contribution in [0.25, 0.3) is 11.0 Å². The standard InChI is InChI=1S/C29H31Cl2N3O2/c30-23-14-16-25(17-15-23)36-20-7-6-19-34-27-12-4-3-11-26(27)33-28(34)13-2-1-5-18-32-29(35)22-9-8-10-24(31)21-22/h3-4,8-12,14-17,21H,1-2,5-7,13,18-20H2,(H,32,35). The van der Waals surface area contributed by atoms with Crippen LogP contribution < -0.4 is 10.1 Å². The van der Waals surface area contributed by atoms with Gasteiger partial charge in [-0.05, 0) is 80.3 Å². The number of carbonyl (C=O) groups excluding carboxylic acids is 1. The lowest BCUT2D eigenvalue weighted by molar-refractivity contribution is 0.0953. The zero-order valence-corrected chi connectivity index (χ0v) is 21.8. The quantitative estimate of drug-likeness (QED) is 0.186. The predicted molar refractivity (Wildman–Crippen MR) is 147 cm³/mol. The number of benzene rings is 3. The van der Waals surface area contributed by atoms with Crippen molar-refractivity contribution >= 4 is 40.1 Å². The molecule has 1 amide bonds. The van der Waals surface area contributed by atoms with Gasteiger partial charge in [0.05, 0.1) is 17.6 Å². The number of ether oxygens (including phenoxy) is 1. The third-order valence-electron chi connectivity index (χ3n) is 6.04. The van der Waals surface area contributed by atoms with Crippen LogP contribution >= 0.6 is 23.2 Å². The molecule has 1 heterocycles. The van der Waals surface area contributed by atoms with Gasteiger partial charge in [-0.2, -0.15) is 0 Å². The second-order valence-corrected chi connectivity index (χ2v) is 9.63. The Morgan fingerprint density at radius 3 is 2.53 bits per heavy atom. The number of unbranched alkanes of at least 4 members (excludes halogenated alkanes) is 3. The molecule has 1 N–H and O–H groups in total. The zero-order chi connectivity index (χ0) is 25.2. The third kappa shape index (κ3) is 7.49. The average Bonchev–Trinajstić information content (AvgIpc) is 3.24. The van der Waals surface area contributed by atoms with Gasteiger partial charge in [-0.3, -0.25) is 4.79 Å². The molecule has 0 aliphatic rings. The smallest absolute Gasteiger partial charge is 0.251 e. The number of para-hydroxylation sites is 2. The first-order chi connectivity index (χ1) is 17.6. The Morgan fingerprint density at radius 1 is 0.861 bits per heavy atom. The van der Waals surface area contributed by atoms with Crippen molar-refractivity contribution in [3.63, 3.8) is 0 Å². The highest BCUT2D eigenvalue weighted by atomic mass is 35.5. The van der Waals surface area contributed by atoms with Crippen LogP contribution in [0.2, 0.25) is 10.0 Å². The monoisotopic (exact) mass is 523 g/mol. The number of fused-ring (bicyclic) bond motifs is 1. The van der Waals surface area contributed by atoms with Gasteiger partial charge >= 0.3 is 0 Å². The summed E-state index contributed by atoms with van der Waals surface area (Å²) in [6.45, 7) is 2.23. The molecule has 3 aromatic carbocycles. The van der Waals surface area contributed by atoms with E-state index in [9.17, 15) is 4.79 Å². The van der Waals surface area contributed by atoms with Gasteiger partial charge in [0.15, 0.2) is 0 Å². The highest BCUT2D eigenvalue weighted by molar-refractivity contribution is 6.31. The molecule has 0 atom stereocenters. The van der Waals surface area contributed by atoms with E-state index in [0.29, 0.717) is 28.8 Å². The topological polar surface area (TPSA) is 56.2 Å². The molecule has 7 heteroatoms. The summed E-state index contributed by atoms with van der Waals surface area (Å²) in [5, 5.41) is 4.26. The van der Waals surface area contributed by atoms with Crippen molar-refractivity contribution < 1.29 is 9.53 Å². The van der Waals surface area contributed by atoms with Crippen LogP contribution in [0, 0.1) is 0 Å². The molecule has 0 fully saturated rings. The summed E-state index contributed by atoms with van der Waals surface area (Å²) in [6, 6.07) is 22.8. The van der Waals surface area contributed by atoms with Crippen molar-refractivity contribution in [1.82, 2.24) is 14.9 Å². The van der Waals surface area contributed by atoms with E-state index in [4.69, 9.17) is 32.9 Å². The normalized spacial score (nSPS) is 11.1. The second-order valence-electron chi connectivity index (χ2n) is 8.75. The Bertz CT molecular complexity index is 1270. The van der Waals surface area contributed by atoms with Gasteiger partial charge in [-0.1, -0.05) is 47.8 Å². The summed E-state index contributed by atoms with van der Waals surface area (Å²) in [5.74, 6) is 1.88. The molecule has 0 bridgehead atoms. The minimum atomic E-state index is -0.0839. The van der Waals surface area contributed by atoms with E-state index < -0.39 is 0 Å². The number of hydrogen-bond acceptors (Lipinski definition) is 3. The van der Waals surface area contributed by atoms with Crippen LogP contribution in [-0.2, 0) is 13.0 Å². The van der Waals surface area contributed by atoms with Crippen molar-refractivity contribution in [3.8, 4) is 5.75 Å². The van der Waals surface area contributed by atoms with Gasteiger partial charge in [0.25, 0.3) is 5.91 Å². The molecule has 1 aromatic heterocycles. The Hall–Kier alpha value is -3.02. The maximum Gasteiger partial charge on any atom is 0.251 e. The van der Waals surface area contributed by atoms with E-state index in [1.807, 2.05) is 30.3 Å². The van der Waals surface area contributed by atoms with Crippen LogP contribution in [0.1, 0.15) is 48.3 Å². The highest BCUT2D eigenvalue weighted by Gasteiger charge is 2.10. The highest BCUT2D eigenvalue weighted by Crippen LogP contribution is 2.20. The minimum absolute atomic E-state index is 0.0839. The number of carbonyl (C=O) groups is 1. The number of amides is 1. The number of halogens is 2. The maximum absolute atomic E-state index is 12.2. The molecule has 4 rings (SSSR count). The summed E-state index contributed by atoms with van der Waals surface area (Å²) < 4.78 is 8.18. The number of nitrogens with one attached hydrogen (secondary N) is 1. The van der Waals surface area contributed by atoms with Crippen LogP contribution in [0.15, 0.2) is 72.8 Å². The maximum atomic E-state index is 12.2. The molecule has 0 aliphatic carbocycles. The first-order valence-corrected chi connectivity index (χ1v) is 13.2. The lowest BCUT2D eigenvalue weighted by Gasteiger charge is -2.10. The molecule has 36 heavy (non-hydrogen) atoms. The second kappa shape index (κ2) is 13.3. The van der Waals surface area contributed by atoms with E-state index in [1.165, 1.54) is 5.52 Å². The molecular weight excluding hydrogens is 493 g/mol. The summed E-state index contributed by atoms with van der Waals surface area (Å²) in [7, 11) is 0. The molecule has 0 saturated carbocycles. The van der Waals surface area contributed by atoms with Crippen molar-refractivity contribution in [1.29, 1.82) is 0 Å². The van der Waals surface area contributed by atoms with E-state index >= 15 is 0 Å². The molecule has 0 unspecified atom stereocenters. The van der Waals surface area contributed by atoms with Crippen LogP contribution in [0.4, 0.5) is 0 Å². The number of nitrogens with zero attached hydrogens (tertiary/aromatic N) is 2. The predicted octanol–water partition coefficient (Wildman–Crippen LogP) is 7.35. The fourth-order valence-corrected chi connectivity index (χ4v) is 4.49. The molecule has 0 aliphatic heterocycles. The number of imidazole rings is 1. The number of aromatic nitrogens is 2. The molecule has 0 radical (unpaired) electrons. The first-order valence-electron chi connectivity index (χ1n) is 12.5. The van der Waals surface area contributed by atoms with E-state index in [-0.39, 0.29) is 5.91 Å². The van der Waals surface area contributed by atoms with E-state index in [1.54, 1.807) is 24.3 Å². The van der Waals surface area contributed by atoms with Gasteiger partial charge in [0.1, 0.15) is 11.6 Å². The Labute approximate surface area is 222 Å². The number of rotatable bonds is 13. The van der Waals surface area contributed by atoms with Crippen molar-refractivity contribution in [2.45, 2.75) is 45.1 Å². The van der Waals surface area contributed by atoms with Gasteiger partial charge in [0.2, 0.25) is 0 Å². The Morgan fingerprint density at radius 2 is 1.69 bits per heavy atom. The first kappa shape index (κ1) is 26.1. The fourth-order valence-electron chi connectivity index (χ4n) is 4.18. The summed E-state index contributed by atoms with van der Waals surface area (Å²) >= 11 is 11.9. The Balaban J connectivity index is 1.21. The van der Waals surface area contributed by atoms with Crippen LogP contribution in [-0.4, -0.2) is 28.6 Å². The lowest BCUT2D eigenvalue weighted by Crippen LogP contribution is -2.24. The fraction of sp³-hybridized carbons (Fsp3) is 0.310. The van der Waals surface area contributed by atoms with E-state index in [0.717, 1.165) is 62.2 Å². The summed E-state index contributed by atoms with van der Waals surface area (Å²) in [5.41, 5.74) is 2.81. The van der Waals surface area contributed by atoms with Gasteiger partial charge in [-0.25, -0.2) is 4.98 Å². The molecule has 4 aromatic rings. The largest absolute Gasteiger partial charge is 0.494 e. The zero-order valence-electron chi connectivity index (χ0n) is 20.3. The van der Waals surface area contributed by atoms with Crippen LogP contribution in [0.5, 0.6) is 5.75 Å². The molecule has 0 saturated heterocycles.